The minimum Gasteiger partial charge on any atom is -0.412 e. The smallest absolute Gasteiger partial charge is 0.269 e. The van der Waals surface area contributed by atoms with Crippen LogP contribution in [0.25, 0.3) is 0 Å². The van der Waals surface area contributed by atoms with Gasteiger partial charge in [0.25, 0.3) is 22.7 Å². The quantitative estimate of drug-likeness (QED) is 0.0523. The number of aliphatic hydroxyl groups excluding tert-OH is 4. The zero-order chi connectivity index (χ0) is 36.6. The molecule has 294 valence electrons. The number of nitrogens with zero attached hydrogens (tertiary/aromatic N) is 4. The molecule has 0 unspecified atom stereocenters. The number of non-ortho nitro benzene ring substituents is 4. The Morgan fingerprint density at radius 1 is 0.327 bits per heavy atom. The molecule has 12 N–H and O–H groups in total. The first-order valence-electron chi connectivity index (χ1n) is 12.9. The number of rotatable bonds is 8. The van der Waals surface area contributed by atoms with Crippen LogP contribution in [0.5, 0.6) is 0 Å². The molecule has 0 aromatic heterocycles. The topological polar surface area (TPSA) is 397 Å². The van der Waals surface area contributed by atoms with Gasteiger partial charge >= 0.3 is 0 Å². The van der Waals surface area contributed by atoms with Crippen LogP contribution in [0.1, 0.15) is 47.4 Å². The Bertz CT molecular complexity index is 1380. The summed E-state index contributed by atoms with van der Waals surface area (Å²) >= 11 is 0. The summed E-state index contributed by atoms with van der Waals surface area (Å²) in [7, 11) is 0. The molecule has 52 heavy (non-hydrogen) atoms. The van der Waals surface area contributed by atoms with Gasteiger partial charge in [-0.25, -0.2) is 0 Å². The molecular weight excluding hydrogens is 807 g/mol. The molecule has 22 nitrogen and oxygen atoms in total. The van der Waals surface area contributed by atoms with E-state index in [1.165, 1.54) is 97.1 Å². The minimum atomic E-state index is -1.58. The summed E-state index contributed by atoms with van der Waals surface area (Å²) < 4.78 is 0. The zero-order valence-electron chi connectivity index (χ0n) is 25.8. The summed E-state index contributed by atoms with van der Waals surface area (Å²) in [6.45, 7) is 0. The minimum absolute atomic E-state index is 0. The SMILES string of the molecule is O.O.O=[N+]([O-])c1ccc(C(O)O)cc1.O=[N+]([O-])c1ccc(C(O)O)cc1.O=[N+]([O-])c1ccc(C(O)O)cc1.O=[N+]([O-])c1ccc(C(O)O)cc1.[Cu].[Cu]. The molecule has 0 aliphatic rings. The maximum absolute atomic E-state index is 10.2. The number of nitro groups is 4. The van der Waals surface area contributed by atoms with Crippen LogP contribution in [0, 0.1) is 40.5 Å². The summed E-state index contributed by atoms with van der Waals surface area (Å²) in [6.07, 6.45) is -6.31. The number of hydrogen-bond acceptors (Lipinski definition) is 16. The van der Waals surface area contributed by atoms with Crippen molar-refractivity contribution in [2.24, 2.45) is 0 Å². The standard InChI is InChI=1S/4C7H7NO4.2Cu.2H2O/c4*9-7(10)5-1-3-6(4-2-5)8(11)12;;;;/h4*1-4,7,9-10H;;;2*1H2. The molecule has 0 spiro atoms. The van der Waals surface area contributed by atoms with Crippen molar-refractivity contribution in [2.45, 2.75) is 25.2 Å². The van der Waals surface area contributed by atoms with Crippen molar-refractivity contribution in [1.29, 1.82) is 0 Å². The number of nitro benzene ring substituents is 4. The molecule has 0 bridgehead atoms. The summed E-state index contributed by atoms with van der Waals surface area (Å²) in [4.78, 5) is 38.5. The molecule has 24 heteroatoms. The molecule has 0 atom stereocenters. The van der Waals surface area contributed by atoms with Crippen molar-refractivity contribution < 1.29 is 106 Å². The molecule has 4 aromatic carbocycles. The first-order valence-corrected chi connectivity index (χ1v) is 12.9. The van der Waals surface area contributed by atoms with E-state index in [0.717, 1.165) is 0 Å². The third kappa shape index (κ3) is 19.5. The molecule has 0 amide bonds. The zero-order valence-corrected chi connectivity index (χ0v) is 27.7. The van der Waals surface area contributed by atoms with E-state index >= 15 is 0 Å². The Balaban J connectivity index is -0.000000288. The van der Waals surface area contributed by atoms with Crippen LogP contribution < -0.4 is 0 Å². The average molecular weight is 840 g/mol. The van der Waals surface area contributed by atoms with Gasteiger partial charge in [-0.2, -0.15) is 0 Å². The number of benzene rings is 4. The van der Waals surface area contributed by atoms with Gasteiger partial charge in [-0.3, -0.25) is 40.5 Å². The van der Waals surface area contributed by atoms with Crippen LogP contribution in [-0.2, 0) is 34.1 Å². The Labute approximate surface area is 312 Å². The Hall–Kier alpha value is -4.88. The molecule has 0 aliphatic carbocycles. The van der Waals surface area contributed by atoms with E-state index in [2.05, 4.69) is 0 Å². The molecule has 0 fully saturated rings. The van der Waals surface area contributed by atoms with Gasteiger partial charge in [0.1, 0.15) is 0 Å². The van der Waals surface area contributed by atoms with Crippen molar-refractivity contribution in [3.05, 3.63) is 160 Å². The van der Waals surface area contributed by atoms with E-state index in [1.807, 2.05) is 0 Å². The van der Waals surface area contributed by atoms with Gasteiger partial charge < -0.3 is 51.8 Å². The third-order valence-electron chi connectivity index (χ3n) is 5.61. The molecule has 4 rings (SSSR count). The second-order valence-electron chi connectivity index (χ2n) is 8.89. The second kappa shape index (κ2) is 26.9. The van der Waals surface area contributed by atoms with Gasteiger partial charge in [0, 0.05) is 105 Å². The first kappa shape index (κ1) is 53.9. The third-order valence-corrected chi connectivity index (χ3v) is 5.61. The van der Waals surface area contributed by atoms with E-state index in [1.54, 1.807) is 0 Å². The fraction of sp³-hybridized carbons (Fsp3) is 0.143. The first-order chi connectivity index (χ1) is 22.4. The largest absolute Gasteiger partial charge is 0.412 e. The van der Waals surface area contributed by atoms with Crippen LogP contribution in [0.2, 0.25) is 0 Å². The van der Waals surface area contributed by atoms with Crippen molar-refractivity contribution in [3.63, 3.8) is 0 Å². The molecule has 4 aromatic rings. The van der Waals surface area contributed by atoms with Crippen molar-refractivity contribution in [1.82, 2.24) is 0 Å². The maximum Gasteiger partial charge on any atom is 0.269 e. The van der Waals surface area contributed by atoms with Gasteiger partial charge in [0.15, 0.2) is 25.2 Å². The summed E-state index contributed by atoms with van der Waals surface area (Å²) in [6, 6.07) is 20.1. The van der Waals surface area contributed by atoms with Gasteiger partial charge in [0.2, 0.25) is 0 Å². The van der Waals surface area contributed by atoms with Crippen molar-refractivity contribution >= 4 is 22.7 Å². The maximum atomic E-state index is 10.2. The summed E-state index contributed by atoms with van der Waals surface area (Å²) in [5.41, 5.74) is 0.667. The van der Waals surface area contributed by atoms with E-state index in [4.69, 9.17) is 40.9 Å². The van der Waals surface area contributed by atoms with Crippen LogP contribution in [-0.4, -0.2) is 71.5 Å². The number of hydrogen-bond donors (Lipinski definition) is 8. The summed E-state index contributed by atoms with van der Waals surface area (Å²) in [5.74, 6) is 0. The monoisotopic (exact) mass is 838 g/mol. The second-order valence-corrected chi connectivity index (χ2v) is 8.89. The Morgan fingerprint density at radius 3 is 0.519 bits per heavy atom. The summed E-state index contributed by atoms with van der Waals surface area (Å²) in [5, 5.41) is 110. The van der Waals surface area contributed by atoms with Gasteiger partial charge in [0.05, 0.1) is 19.7 Å². The van der Waals surface area contributed by atoms with Crippen molar-refractivity contribution in [3.8, 4) is 0 Å². The molecule has 0 aliphatic heterocycles. The fourth-order valence-corrected chi connectivity index (χ4v) is 3.07. The van der Waals surface area contributed by atoms with Crippen LogP contribution in [0.15, 0.2) is 97.1 Å². The predicted molar refractivity (Wildman–Crippen MR) is 168 cm³/mol. The Kier molecular flexibility index (Phi) is 27.8. The van der Waals surface area contributed by atoms with Crippen LogP contribution in [0.3, 0.4) is 0 Å². The van der Waals surface area contributed by atoms with Gasteiger partial charge in [-0.15, -0.1) is 0 Å². The van der Waals surface area contributed by atoms with Gasteiger partial charge in [-0.1, -0.05) is 0 Å². The number of aliphatic hydroxyl groups is 8. The van der Waals surface area contributed by atoms with Crippen LogP contribution in [0.4, 0.5) is 22.7 Å². The molecule has 0 saturated heterocycles. The molecule has 2 radical (unpaired) electrons. The van der Waals surface area contributed by atoms with E-state index in [-0.39, 0.29) is 90.1 Å². The van der Waals surface area contributed by atoms with Crippen LogP contribution >= 0.6 is 0 Å². The predicted octanol–water partition coefficient (Wildman–Crippen LogP) is 0.658. The Morgan fingerprint density at radius 2 is 0.442 bits per heavy atom. The van der Waals surface area contributed by atoms with E-state index < -0.39 is 44.9 Å². The average Bonchev–Trinajstić information content (AvgIpc) is 3.05. The molecule has 0 heterocycles. The normalized spacial score (nSPS) is 9.46. The van der Waals surface area contributed by atoms with Crippen molar-refractivity contribution in [2.75, 3.05) is 0 Å². The van der Waals surface area contributed by atoms with E-state index in [9.17, 15) is 40.5 Å². The van der Waals surface area contributed by atoms with E-state index in [0.29, 0.717) is 0 Å². The fourth-order valence-electron chi connectivity index (χ4n) is 3.07. The molecule has 0 saturated carbocycles. The van der Waals surface area contributed by atoms with Gasteiger partial charge in [-0.05, 0) is 48.5 Å². The molecular formula is C28H32Cu2N4O18.